The van der Waals surface area contributed by atoms with Gasteiger partial charge in [0.1, 0.15) is 17.2 Å². The van der Waals surface area contributed by atoms with Crippen LogP contribution in [0.15, 0.2) is 54.9 Å². The monoisotopic (exact) mass is 558 g/mol. The Hall–Kier alpha value is -4.47. The zero-order valence-electron chi connectivity index (χ0n) is 23.9. The molecule has 1 aliphatic heterocycles. The number of anilines is 2. The fourth-order valence-electron chi connectivity index (χ4n) is 4.88. The van der Waals surface area contributed by atoms with E-state index in [0.717, 1.165) is 12.0 Å². The maximum absolute atomic E-state index is 14.1. The average Bonchev–Trinajstić information content (AvgIpc) is 2.93. The van der Waals surface area contributed by atoms with Gasteiger partial charge in [-0.15, -0.1) is 0 Å². The number of aromatic nitrogens is 3. The van der Waals surface area contributed by atoms with E-state index in [9.17, 15) is 9.18 Å². The summed E-state index contributed by atoms with van der Waals surface area (Å²) in [5.41, 5.74) is 7.65. The Labute approximate surface area is 238 Å². The summed E-state index contributed by atoms with van der Waals surface area (Å²) < 4.78 is 26.1. The van der Waals surface area contributed by atoms with Crippen molar-refractivity contribution in [1.82, 2.24) is 19.9 Å². The van der Waals surface area contributed by atoms with E-state index in [1.54, 1.807) is 35.5 Å². The number of nitrogen functional groups attached to an aromatic ring is 1. The summed E-state index contributed by atoms with van der Waals surface area (Å²) in [6.45, 7) is 10.8. The molecule has 0 radical (unpaired) electrons. The largest absolute Gasteiger partial charge is 0.444 e. The quantitative estimate of drug-likeness (QED) is 0.264. The SMILES string of the molecule is Cc1ccc2c(N)c(F)ccc2c1Oc1ncccc1-c1ccnc(NC2CN(C(=O)OC(C)(C)C)CCC2C)n1. The highest BCUT2D eigenvalue weighted by atomic mass is 19.1. The molecule has 0 spiro atoms. The molecule has 3 N–H and O–H groups in total. The van der Waals surface area contributed by atoms with Gasteiger partial charge in [-0.05, 0) is 75.9 Å². The van der Waals surface area contributed by atoms with Crippen LogP contribution in [0.3, 0.4) is 0 Å². The number of nitrogens with two attached hydrogens (primary N) is 1. The number of nitrogens with one attached hydrogen (secondary N) is 1. The minimum Gasteiger partial charge on any atom is -0.444 e. The molecule has 1 fully saturated rings. The first-order valence-electron chi connectivity index (χ1n) is 13.7. The van der Waals surface area contributed by atoms with Crippen molar-refractivity contribution in [2.75, 3.05) is 24.1 Å². The third-order valence-electron chi connectivity index (χ3n) is 7.16. The summed E-state index contributed by atoms with van der Waals surface area (Å²) in [6, 6.07) is 12.0. The van der Waals surface area contributed by atoms with Crippen LogP contribution in [0.4, 0.5) is 20.8 Å². The molecule has 2 unspecified atom stereocenters. The molecule has 41 heavy (non-hydrogen) atoms. The van der Waals surface area contributed by atoms with Crippen molar-refractivity contribution in [3.05, 3.63) is 66.2 Å². The first-order valence-corrected chi connectivity index (χ1v) is 13.7. The fraction of sp³-hybridized carbons (Fsp3) is 0.355. The van der Waals surface area contributed by atoms with Crippen LogP contribution in [-0.4, -0.2) is 50.7 Å². The highest BCUT2D eigenvalue weighted by Gasteiger charge is 2.32. The maximum atomic E-state index is 14.1. The lowest BCUT2D eigenvalue weighted by atomic mass is 9.94. The molecule has 1 amide bonds. The maximum Gasteiger partial charge on any atom is 0.410 e. The van der Waals surface area contributed by atoms with E-state index in [1.165, 1.54) is 6.07 Å². The number of amides is 1. The zero-order valence-corrected chi connectivity index (χ0v) is 23.9. The molecule has 214 valence electrons. The van der Waals surface area contributed by atoms with Crippen LogP contribution in [0.5, 0.6) is 11.6 Å². The van der Waals surface area contributed by atoms with Gasteiger partial charge in [-0.25, -0.2) is 24.1 Å². The van der Waals surface area contributed by atoms with E-state index < -0.39 is 11.4 Å². The molecule has 5 rings (SSSR count). The van der Waals surface area contributed by atoms with Gasteiger partial charge in [0, 0.05) is 42.3 Å². The zero-order chi connectivity index (χ0) is 29.3. The highest BCUT2D eigenvalue weighted by Crippen LogP contribution is 2.38. The Balaban J connectivity index is 1.40. The summed E-state index contributed by atoms with van der Waals surface area (Å²) >= 11 is 0. The van der Waals surface area contributed by atoms with Crippen molar-refractivity contribution in [1.29, 1.82) is 0 Å². The van der Waals surface area contributed by atoms with Crippen molar-refractivity contribution in [3.8, 4) is 22.9 Å². The van der Waals surface area contributed by atoms with Crippen molar-refractivity contribution in [2.24, 2.45) is 5.92 Å². The lowest BCUT2D eigenvalue weighted by Gasteiger charge is -2.38. The van der Waals surface area contributed by atoms with Crippen LogP contribution < -0.4 is 15.8 Å². The number of carbonyl (C=O) groups excluding carboxylic acids is 1. The second-order valence-corrected chi connectivity index (χ2v) is 11.4. The number of halogens is 1. The second-order valence-electron chi connectivity index (χ2n) is 11.4. The summed E-state index contributed by atoms with van der Waals surface area (Å²) in [6.07, 6.45) is 3.82. The van der Waals surface area contributed by atoms with Crippen LogP contribution in [0.1, 0.15) is 39.7 Å². The molecule has 4 aromatic rings. The smallest absolute Gasteiger partial charge is 0.410 e. The van der Waals surface area contributed by atoms with Crippen LogP contribution in [0, 0.1) is 18.7 Å². The third kappa shape index (κ3) is 6.16. The first kappa shape index (κ1) is 28.1. The van der Waals surface area contributed by atoms with Gasteiger partial charge in [0.2, 0.25) is 11.8 Å². The molecule has 0 saturated carbocycles. The number of ether oxygens (including phenoxy) is 2. The standard InChI is InChI=1S/C31H35FN6O3/c1-18-13-16-38(30(39)41-31(3,4)5)17-25(18)37-29-35-15-12-24(36-29)22-7-6-14-34-28(22)40-27-19(2)8-9-20-21(27)10-11-23(32)26(20)33/h6-12,14-15,18,25H,13,16-17,33H2,1-5H3,(H,35,36,37). The van der Waals surface area contributed by atoms with E-state index in [0.29, 0.717) is 58.6 Å². The number of pyridine rings is 1. The highest BCUT2D eigenvalue weighted by molar-refractivity contribution is 5.98. The van der Waals surface area contributed by atoms with Crippen LogP contribution in [0.25, 0.3) is 22.0 Å². The van der Waals surface area contributed by atoms with Crippen molar-refractivity contribution in [2.45, 2.75) is 52.7 Å². The van der Waals surface area contributed by atoms with Crippen molar-refractivity contribution < 1.29 is 18.7 Å². The molecule has 0 aliphatic carbocycles. The number of likely N-dealkylation sites (tertiary alicyclic amines) is 1. The van der Waals surface area contributed by atoms with Gasteiger partial charge < -0.3 is 25.4 Å². The Kier molecular flexibility index (Phi) is 7.66. The van der Waals surface area contributed by atoms with Gasteiger partial charge in [0.05, 0.1) is 16.9 Å². The average molecular weight is 559 g/mol. The van der Waals surface area contributed by atoms with Crippen LogP contribution in [-0.2, 0) is 4.74 Å². The molecule has 2 atom stereocenters. The van der Waals surface area contributed by atoms with Crippen molar-refractivity contribution >= 4 is 28.5 Å². The summed E-state index contributed by atoms with van der Waals surface area (Å²) in [4.78, 5) is 28.1. The Morgan fingerprint density at radius 2 is 1.88 bits per heavy atom. The number of piperidine rings is 1. The predicted octanol–water partition coefficient (Wildman–Crippen LogP) is 6.57. The Morgan fingerprint density at radius 3 is 2.66 bits per heavy atom. The van der Waals surface area contributed by atoms with Gasteiger partial charge in [0.25, 0.3) is 0 Å². The van der Waals surface area contributed by atoms with Crippen LogP contribution in [0.2, 0.25) is 0 Å². The molecular weight excluding hydrogens is 523 g/mol. The third-order valence-corrected chi connectivity index (χ3v) is 7.16. The molecule has 1 saturated heterocycles. The first-order chi connectivity index (χ1) is 19.5. The van der Waals surface area contributed by atoms with E-state index in [4.69, 9.17) is 20.2 Å². The molecule has 2 aromatic carbocycles. The van der Waals surface area contributed by atoms with Gasteiger partial charge in [-0.1, -0.05) is 19.1 Å². The minimum atomic E-state index is -0.558. The normalized spacial score (nSPS) is 17.4. The summed E-state index contributed by atoms with van der Waals surface area (Å²) in [5.74, 6) is 1.14. The molecule has 0 bridgehead atoms. The molecule has 3 heterocycles. The van der Waals surface area contributed by atoms with E-state index >= 15 is 0 Å². The number of fused-ring (bicyclic) bond motifs is 1. The predicted molar refractivity (Wildman–Crippen MR) is 157 cm³/mol. The van der Waals surface area contributed by atoms with Gasteiger partial charge >= 0.3 is 6.09 Å². The van der Waals surface area contributed by atoms with Gasteiger partial charge in [0.15, 0.2) is 0 Å². The molecule has 9 nitrogen and oxygen atoms in total. The molecular formula is C31H35FN6O3. The Morgan fingerprint density at radius 1 is 1.10 bits per heavy atom. The lowest BCUT2D eigenvalue weighted by molar-refractivity contribution is 0.0176. The molecule has 10 heteroatoms. The van der Waals surface area contributed by atoms with E-state index in [1.807, 2.05) is 45.9 Å². The topological polar surface area (TPSA) is 115 Å². The number of carbonyl (C=O) groups is 1. The number of nitrogens with zero attached hydrogens (tertiary/aromatic N) is 4. The number of hydrogen-bond acceptors (Lipinski definition) is 8. The second kappa shape index (κ2) is 11.2. The van der Waals surface area contributed by atoms with Gasteiger partial charge in [-0.3, -0.25) is 0 Å². The van der Waals surface area contributed by atoms with E-state index in [-0.39, 0.29) is 17.8 Å². The summed E-state index contributed by atoms with van der Waals surface area (Å²) in [7, 11) is 0. The summed E-state index contributed by atoms with van der Waals surface area (Å²) in [5, 5.41) is 4.67. The molecule has 2 aromatic heterocycles. The fourth-order valence-corrected chi connectivity index (χ4v) is 4.88. The number of rotatable bonds is 5. The Bertz CT molecular complexity index is 1590. The number of hydrogen-bond donors (Lipinski definition) is 2. The minimum absolute atomic E-state index is 0.0553. The number of aryl methyl sites for hydroxylation is 1. The van der Waals surface area contributed by atoms with E-state index in [2.05, 4.69) is 22.2 Å². The van der Waals surface area contributed by atoms with Crippen LogP contribution >= 0.6 is 0 Å². The van der Waals surface area contributed by atoms with Crippen molar-refractivity contribution in [3.63, 3.8) is 0 Å². The lowest BCUT2D eigenvalue weighted by Crippen LogP contribution is -2.50. The molecule has 1 aliphatic rings. The number of benzene rings is 2. The van der Waals surface area contributed by atoms with Gasteiger partial charge in [-0.2, -0.15) is 0 Å².